The van der Waals surface area contributed by atoms with Crippen LogP contribution >= 0.6 is 23.2 Å². The van der Waals surface area contributed by atoms with Crippen LogP contribution in [-0.4, -0.2) is 59.1 Å². The zero-order chi connectivity index (χ0) is 16.4. The van der Waals surface area contributed by atoms with Gasteiger partial charge in [-0.15, -0.1) is 0 Å². The van der Waals surface area contributed by atoms with Crippen LogP contribution in [-0.2, 0) is 11.2 Å². The first-order valence-corrected chi connectivity index (χ1v) is 8.94. The number of carbonyl (C=O) groups is 1. The molecule has 1 amide bonds. The standard InChI is InChI=1S/C17H22Cl2N2O2/c18-13-5-3-12(14(19)9-13)4-6-17(23)21-10-15(16(22)11-21)20-7-1-2-8-20/h3,5,9,15-16,22H,1-2,4,6-8,10-11H2. The second kappa shape index (κ2) is 7.39. The highest BCUT2D eigenvalue weighted by Crippen LogP contribution is 2.24. The minimum Gasteiger partial charge on any atom is -0.390 e. The first-order chi connectivity index (χ1) is 11.0. The highest BCUT2D eigenvalue weighted by atomic mass is 35.5. The van der Waals surface area contributed by atoms with Gasteiger partial charge < -0.3 is 10.0 Å². The zero-order valence-electron chi connectivity index (χ0n) is 13.0. The number of likely N-dealkylation sites (tertiary alicyclic amines) is 2. The van der Waals surface area contributed by atoms with Crippen molar-refractivity contribution in [2.45, 2.75) is 37.8 Å². The molecule has 3 rings (SSSR count). The molecule has 0 radical (unpaired) electrons. The Morgan fingerprint density at radius 3 is 2.65 bits per heavy atom. The molecule has 1 aromatic rings. The number of β-amino-alcohol motifs (C(OH)–C–C–N with tert-alkyl or cyclic N) is 1. The van der Waals surface area contributed by atoms with Gasteiger partial charge in [-0.1, -0.05) is 29.3 Å². The quantitative estimate of drug-likeness (QED) is 0.901. The summed E-state index contributed by atoms with van der Waals surface area (Å²) in [5.41, 5.74) is 0.931. The molecule has 0 aromatic heterocycles. The number of carbonyl (C=O) groups excluding carboxylic acids is 1. The van der Waals surface area contributed by atoms with E-state index in [1.165, 1.54) is 12.8 Å². The molecule has 2 unspecified atom stereocenters. The Balaban J connectivity index is 1.54. The van der Waals surface area contributed by atoms with E-state index in [1.807, 2.05) is 6.07 Å². The maximum atomic E-state index is 12.4. The number of nitrogens with zero attached hydrogens (tertiary/aromatic N) is 2. The first kappa shape index (κ1) is 17.0. The van der Waals surface area contributed by atoms with Gasteiger partial charge in [-0.05, 0) is 50.0 Å². The summed E-state index contributed by atoms with van der Waals surface area (Å²) in [6, 6.07) is 5.45. The maximum absolute atomic E-state index is 12.4. The van der Waals surface area contributed by atoms with Gasteiger partial charge in [-0.2, -0.15) is 0 Å². The highest BCUT2D eigenvalue weighted by Gasteiger charge is 2.38. The molecule has 23 heavy (non-hydrogen) atoms. The van der Waals surface area contributed by atoms with E-state index in [2.05, 4.69) is 4.90 Å². The van der Waals surface area contributed by atoms with Crippen molar-refractivity contribution in [3.63, 3.8) is 0 Å². The van der Waals surface area contributed by atoms with Crippen LogP contribution in [0, 0.1) is 0 Å². The number of halogens is 2. The van der Waals surface area contributed by atoms with Crippen molar-refractivity contribution in [1.29, 1.82) is 0 Å². The minimum atomic E-state index is -0.434. The molecule has 0 bridgehead atoms. The van der Waals surface area contributed by atoms with E-state index in [4.69, 9.17) is 23.2 Å². The molecule has 2 fully saturated rings. The number of hydrogen-bond donors (Lipinski definition) is 1. The molecule has 2 aliphatic heterocycles. The normalized spacial score (nSPS) is 25.3. The summed E-state index contributed by atoms with van der Waals surface area (Å²) < 4.78 is 0. The summed E-state index contributed by atoms with van der Waals surface area (Å²) in [6.45, 7) is 3.14. The Hall–Kier alpha value is -0.810. The summed E-state index contributed by atoms with van der Waals surface area (Å²) in [6.07, 6.45) is 2.94. The summed E-state index contributed by atoms with van der Waals surface area (Å²) in [5.74, 6) is 0.0803. The van der Waals surface area contributed by atoms with Gasteiger partial charge in [0.1, 0.15) is 0 Å². The van der Waals surface area contributed by atoms with Crippen molar-refractivity contribution in [3.8, 4) is 0 Å². The molecule has 2 heterocycles. The van der Waals surface area contributed by atoms with E-state index in [0.29, 0.717) is 36.0 Å². The average Bonchev–Trinajstić information content (AvgIpc) is 3.15. The lowest BCUT2D eigenvalue weighted by Gasteiger charge is -2.25. The van der Waals surface area contributed by atoms with Crippen molar-refractivity contribution >= 4 is 29.1 Å². The molecule has 4 nitrogen and oxygen atoms in total. The number of aliphatic hydroxyl groups is 1. The summed E-state index contributed by atoms with van der Waals surface area (Å²) in [7, 11) is 0. The van der Waals surface area contributed by atoms with E-state index in [1.54, 1.807) is 17.0 Å². The average molecular weight is 357 g/mol. The Morgan fingerprint density at radius 1 is 1.22 bits per heavy atom. The lowest BCUT2D eigenvalue weighted by Crippen LogP contribution is -2.41. The van der Waals surface area contributed by atoms with Crippen LogP contribution in [0.4, 0.5) is 0 Å². The summed E-state index contributed by atoms with van der Waals surface area (Å²) in [4.78, 5) is 16.5. The highest BCUT2D eigenvalue weighted by molar-refractivity contribution is 6.35. The topological polar surface area (TPSA) is 43.8 Å². The number of rotatable bonds is 4. The van der Waals surface area contributed by atoms with Crippen LogP contribution in [0.25, 0.3) is 0 Å². The lowest BCUT2D eigenvalue weighted by molar-refractivity contribution is -0.130. The number of hydrogen-bond acceptors (Lipinski definition) is 3. The van der Waals surface area contributed by atoms with Crippen LogP contribution in [0.15, 0.2) is 18.2 Å². The maximum Gasteiger partial charge on any atom is 0.223 e. The fraction of sp³-hybridized carbons (Fsp3) is 0.588. The molecule has 0 aliphatic carbocycles. The number of amides is 1. The molecule has 2 aliphatic rings. The molecule has 2 atom stereocenters. The molecule has 1 N–H and O–H groups in total. The van der Waals surface area contributed by atoms with Crippen molar-refractivity contribution in [2.75, 3.05) is 26.2 Å². The van der Waals surface area contributed by atoms with Gasteiger partial charge in [0.25, 0.3) is 0 Å². The number of aryl methyl sites for hydroxylation is 1. The third-order valence-electron chi connectivity index (χ3n) is 4.84. The molecule has 0 spiro atoms. The second-order valence-corrected chi connectivity index (χ2v) is 7.26. The third kappa shape index (κ3) is 4.00. The Kier molecular flexibility index (Phi) is 5.47. The smallest absolute Gasteiger partial charge is 0.223 e. The number of aliphatic hydroxyl groups excluding tert-OH is 1. The molecule has 0 saturated carbocycles. The monoisotopic (exact) mass is 356 g/mol. The van der Waals surface area contributed by atoms with Gasteiger partial charge in [0.2, 0.25) is 5.91 Å². The Morgan fingerprint density at radius 2 is 1.96 bits per heavy atom. The van der Waals surface area contributed by atoms with Crippen molar-refractivity contribution in [1.82, 2.24) is 9.80 Å². The summed E-state index contributed by atoms with van der Waals surface area (Å²) >= 11 is 12.0. The van der Waals surface area contributed by atoms with Crippen LogP contribution in [0.2, 0.25) is 10.0 Å². The SMILES string of the molecule is O=C(CCc1ccc(Cl)cc1Cl)N1CC(O)C(N2CCCC2)C1. The molecule has 2 saturated heterocycles. The predicted octanol–water partition coefficient (Wildman–Crippen LogP) is 2.59. The fourth-order valence-electron chi connectivity index (χ4n) is 3.53. The minimum absolute atomic E-state index is 0.0803. The predicted molar refractivity (Wildman–Crippen MR) is 92.0 cm³/mol. The molecular weight excluding hydrogens is 335 g/mol. The first-order valence-electron chi connectivity index (χ1n) is 8.18. The largest absolute Gasteiger partial charge is 0.390 e. The van der Waals surface area contributed by atoms with E-state index < -0.39 is 6.10 Å². The second-order valence-electron chi connectivity index (χ2n) is 6.41. The molecule has 126 valence electrons. The lowest BCUT2D eigenvalue weighted by atomic mass is 10.1. The van der Waals surface area contributed by atoms with Crippen molar-refractivity contribution in [2.24, 2.45) is 0 Å². The van der Waals surface area contributed by atoms with E-state index in [-0.39, 0.29) is 11.9 Å². The van der Waals surface area contributed by atoms with E-state index in [9.17, 15) is 9.90 Å². The molecule has 6 heteroatoms. The molecular formula is C17H22Cl2N2O2. The zero-order valence-corrected chi connectivity index (χ0v) is 14.6. The Bertz CT molecular complexity index is 576. The Labute approximate surface area is 147 Å². The van der Waals surface area contributed by atoms with Crippen molar-refractivity contribution < 1.29 is 9.90 Å². The van der Waals surface area contributed by atoms with Crippen LogP contribution < -0.4 is 0 Å². The van der Waals surface area contributed by atoms with E-state index >= 15 is 0 Å². The van der Waals surface area contributed by atoms with Gasteiger partial charge in [-0.25, -0.2) is 0 Å². The van der Waals surface area contributed by atoms with Gasteiger partial charge in [-0.3, -0.25) is 9.69 Å². The van der Waals surface area contributed by atoms with Gasteiger partial charge in [0.15, 0.2) is 0 Å². The third-order valence-corrected chi connectivity index (χ3v) is 5.43. The fourth-order valence-corrected chi connectivity index (χ4v) is 4.03. The van der Waals surface area contributed by atoms with Crippen molar-refractivity contribution in [3.05, 3.63) is 33.8 Å². The van der Waals surface area contributed by atoms with Gasteiger partial charge in [0.05, 0.1) is 12.1 Å². The van der Waals surface area contributed by atoms with Crippen LogP contribution in [0.5, 0.6) is 0 Å². The van der Waals surface area contributed by atoms with Crippen LogP contribution in [0.1, 0.15) is 24.8 Å². The van der Waals surface area contributed by atoms with Gasteiger partial charge in [0, 0.05) is 29.6 Å². The van der Waals surface area contributed by atoms with Crippen LogP contribution in [0.3, 0.4) is 0 Å². The summed E-state index contributed by atoms with van der Waals surface area (Å²) in [5, 5.41) is 11.5. The molecule has 1 aromatic carbocycles. The van der Waals surface area contributed by atoms with E-state index in [0.717, 1.165) is 18.7 Å². The van der Waals surface area contributed by atoms with Gasteiger partial charge >= 0.3 is 0 Å². The number of benzene rings is 1.